The van der Waals surface area contributed by atoms with Crippen LogP contribution in [0.1, 0.15) is 55.4 Å². The first-order chi connectivity index (χ1) is 16.2. The third-order valence-corrected chi connectivity index (χ3v) is 7.24. The number of amides is 1. The number of hydrogen-bond acceptors (Lipinski definition) is 2. The number of alkyl halides is 6. The topological polar surface area (TPSA) is 41.1 Å². The Hall–Kier alpha value is -2.07. The Kier molecular flexibility index (Phi) is 8.26. The predicted octanol–water partition coefficient (Wildman–Crippen LogP) is 7.09. The third-order valence-electron chi connectivity index (χ3n) is 6.72. The molecule has 0 aromatic heterocycles. The van der Waals surface area contributed by atoms with Gasteiger partial charge in [0.05, 0.1) is 16.5 Å². The highest BCUT2D eigenvalue weighted by Gasteiger charge is 2.47. The smallest absolute Gasteiger partial charge is 0.352 e. The molecule has 2 N–H and O–H groups in total. The number of carbonyl (C=O) groups excluding carboxylic acids is 1. The van der Waals surface area contributed by atoms with Gasteiger partial charge in [-0.05, 0) is 66.6 Å². The van der Waals surface area contributed by atoms with Gasteiger partial charge in [0, 0.05) is 23.6 Å². The number of halogens is 7. The molecule has 3 rings (SSSR count). The van der Waals surface area contributed by atoms with Crippen molar-refractivity contribution in [3.05, 3.63) is 69.2 Å². The second-order valence-electron chi connectivity index (χ2n) is 9.35. The number of hydrogen-bond donors (Lipinski definition) is 2. The van der Waals surface area contributed by atoms with Crippen LogP contribution in [0.3, 0.4) is 0 Å². The Morgan fingerprint density at radius 2 is 1.54 bits per heavy atom. The molecule has 1 saturated carbocycles. The fraction of sp³-hybridized carbons (Fsp3) is 0.480. The van der Waals surface area contributed by atoms with Gasteiger partial charge in [0.1, 0.15) is 0 Å². The standard InChI is InChI=1S/C25H27BrF6N2O/c1-15(2)23(8-7-21(12-23)33-13-16-3-5-20(26)6-4-16)22(35)34-14-17-9-18(24(27,28)29)11-19(10-17)25(30,31)32/h3-6,9-11,15,21,33H,7-8,12-14H2,1-2H3,(H,34,35)/t21-,23+/m1/s1. The molecule has 10 heteroatoms. The zero-order valence-corrected chi connectivity index (χ0v) is 20.9. The van der Waals surface area contributed by atoms with Crippen LogP contribution in [0.4, 0.5) is 26.3 Å². The Morgan fingerprint density at radius 1 is 0.971 bits per heavy atom. The van der Waals surface area contributed by atoms with Crippen LogP contribution in [0.2, 0.25) is 0 Å². The largest absolute Gasteiger partial charge is 0.416 e. The molecule has 0 unspecified atom stereocenters. The van der Waals surface area contributed by atoms with Crippen LogP contribution in [0, 0.1) is 11.3 Å². The Balaban J connectivity index is 1.70. The SMILES string of the molecule is CC(C)[C@]1(C(=O)NCc2cc(C(F)(F)F)cc(C(F)(F)F)c2)CC[C@@H](NCc2ccc(Br)cc2)C1. The summed E-state index contributed by atoms with van der Waals surface area (Å²) in [5, 5.41) is 6.07. The molecule has 0 radical (unpaired) electrons. The lowest BCUT2D eigenvalue weighted by Crippen LogP contribution is -2.43. The molecular formula is C25H27BrF6N2O. The van der Waals surface area contributed by atoms with Gasteiger partial charge >= 0.3 is 12.4 Å². The van der Waals surface area contributed by atoms with E-state index in [-0.39, 0.29) is 29.5 Å². The maximum atomic E-state index is 13.2. The molecule has 2 aromatic rings. The zero-order valence-electron chi connectivity index (χ0n) is 19.3. The Bertz CT molecular complexity index is 1000. The average Bonchev–Trinajstić information content (AvgIpc) is 3.21. The molecular weight excluding hydrogens is 538 g/mol. The highest BCUT2D eigenvalue weighted by atomic mass is 79.9. The van der Waals surface area contributed by atoms with E-state index in [0.717, 1.165) is 16.5 Å². The molecule has 0 aliphatic heterocycles. The van der Waals surface area contributed by atoms with Crippen molar-refractivity contribution in [2.75, 3.05) is 0 Å². The first kappa shape index (κ1) is 27.5. The van der Waals surface area contributed by atoms with Crippen LogP contribution in [0.15, 0.2) is 46.9 Å². The molecule has 3 nitrogen and oxygen atoms in total. The van der Waals surface area contributed by atoms with E-state index in [1.54, 1.807) is 0 Å². The minimum Gasteiger partial charge on any atom is -0.352 e. The van der Waals surface area contributed by atoms with E-state index < -0.39 is 35.4 Å². The van der Waals surface area contributed by atoms with Crippen molar-refractivity contribution >= 4 is 21.8 Å². The van der Waals surface area contributed by atoms with Crippen molar-refractivity contribution in [1.82, 2.24) is 10.6 Å². The van der Waals surface area contributed by atoms with E-state index >= 15 is 0 Å². The molecule has 0 saturated heterocycles. The van der Waals surface area contributed by atoms with Crippen molar-refractivity contribution in [1.29, 1.82) is 0 Å². The summed E-state index contributed by atoms with van der Waals surface area (Å²) in [5.74, 6) is -0.416. The van der Waals surface area contributed by atoms with Crippen molar-refractivity contribution in [2.24, 2.45) is 11.3 Å². The molecule has 1 amide bonds. The Morgan fingerprint density at radius 3 is 2.06 bits per heavy atom. The van der Waals surface area contributed by atoms with E-state index in [1.807, 2.05) is 38.1 Å². The van der Waals surface area contributed by atoms with Gasteiger partial charge in [-0.3, -0.25) is 4.79 Å². The van der Waals surface area contributed by atoms with Gasteiger partial charge in [-0.25, -0.2) is 0 Å². The summed E-state index contributed by atoms with van der Waals surface area (Å²) in [7, 11) is 0. The lowest BCUT2D eigenvalue weighted by atomic mass is 9.74. The van der Waals surface area contributed by atoms with Crippen LogP contribution >= 0.6 is 15.9 Å². The van der Waals surface area contributed by atoms with Crippen LogP contribution in [-0.2, 0) is 30.2 Å². The van der Waals surface area contributed by atoms with Gasteiger partial charge in [0.2, 0.25) is 5.91 Å². The second-order valence-corrected chi connectivity index (χ2v) is 10.3. The van der Waals surface area contributed by atoms with Crippen molar-refractivity contribution in [2.45, 2.75) is 64.6 Å². The van der Waals surface area contributed by atoms with Crippen molar-refractivity contribution < 1.29 is 31.1 Å². The van der Waals surface area contributed by atoms with Gasteiger partial charge in [-0.15, -0.1) is 0 Å². The molecule has 0 heterocycles. The summed E-state index contributed by atoms with van der Waals surface area (Å²) >= 11 is 3.39. The van der Waals surface area contributed by atoms with Gasteiger partial charge in [0.25, 0.3) is 0 Å². The molecule has 0 bridgehead atoms. The maximum absolute atomic E-state index is 13.2. The average molecular weight is 565 g/mol. The van der Waals surface area contributed by atoms with E-state index in [0.29, 0.717) is 31.5 Å². The second kappa shape index (κ2) is 10.5. The zero-order chi connectivity index (χ0) is 26.0. The van der Waals surface area contributed by atoms with E-state index in [2.05, 4.69) is 26.6 Å². The summed E-state index contributed by atoms with van der Waals surface area (Å²) in [4.78, 5) is 13.2. The van der Waals surface area contributed by atoms with Gasteiger partial charge < -0.3 is 10.6 Å². The lowest BCUT2D eigenvalue weighted by molar-refractivity contribution is -0.143. The molecule has 2 aromatic carbocycles. The molecule has 2 atom stereocenters. The quantitative estimate of drug-likeness (QED) is 0.352. The first-order valence-electron chi connectivity index (χ1n) is 11.3. The summed E-state index contributed by atoms with van der Waals surface area (Å²) in [5.41, 5.74) is -2.71. The van der Waals surface area contributed by atoms with Crippen molar-refractivity contribution in [3.8, 4) is 0 Å². The highest BCUT2D eigenvalue weighted by molar-refractivity contribution is 9.10. The lowest BCUT2D eigenvalue weighted by Gasteiger charge is -2.32. The summed E-state index contributed by atoms with van der Waals surface area (Å²) < 4.78 is 79.8. The van der Waals surface area contributed by atoms with Gasteiger partial charge in [-0.1, -0.05) is 41.9 Å². The minimum absolute atomic E-state index is 0.0609. The van der Waals surface area contributed by atoms with Crippen LogP contribution < -0.4 is 10.6 Å². The summed E-state index contributed by atoms with van der Waals surface area (Å²) in [6.45, 7) is 4.01. The van der Waals surface area contributed by atoms with Crippen LogP contribution in [0.25, 0.3) is 0 Å². The van der Waals surface area contributed by atoms with Gasteiger partial charge in [-0.2, -0.15) is 26.3 Å². The third kappa shape index (κ3) is 6.78. The normalized spacial score (nSPS) is 20.9. The summed E-state index contributed by atoms with van der Waals surface area (Å²) in [6.07, 6.45) is -8.02. The molecule has 192 valence electrons. The van der Waals surface area contributed by atoms with E-state index in [1.165, 1.54) is 0 Å². The molecule has 1 aliphatic carbocycles. The van der Waals surface area contributed by atoms with E-state index in [9.17, 15) is 31.1 Å². The van der Waals surface area contributed by atoms with Crippen molar-refractivity contribution in [3.63, 3.8) is 0 Å². The maximum Gasteiger partial charge on any atom is 0.416 e. The van der Waals surface area contributed by atoms with Crippen LogP contribution in [-0.4, -0.2) is 11.9 Å². The van der Waals surface area contributed by atoms with E-state index in [4.69, 9.17) is 0 Å². The number of benzene rings is 2. The predicted molar refractivity (Wildman–Crippen MR) is 124 cm³/mol. The monoisotopic (exact) mass is 564 g/mol. The molecule has 1 aliphatic rings. The highest BCUT2D eigenvalue weighted by Crippen LogP contribution is 2.45. The fourth-order valence-electron chi connectivity index (χ4n) is 4.59. The number of nitrogens with one attached hydrogen (secondary N) is 2. The molecule has 0 spiro atoms. The molecule has 35 heavy (non-hydrogen) atoms. The number of carbonyl (C=O) groups is 1. The molecule has 1 fully saturated rings. The fourth-order valence-corrected chi connectivity index (χ4v) is 4.85. The minimum atomic E-state index is -4.93. The van der Waals surface area contributed by atoms with Crippen LogP contribution in [0.5, 0.6) is 0 Å². The number of rotatable bonds is 7. The van der Waals surface area contributed by atoms with Gasteiger partial charge in [0.15, 0.2) is 0 Å². The summed E-state index contributed by atoms with van der Waals surface area (Å²) in [6, 6.07) is 9.29. The first-order valence-corrected chi connectivity index (χ1v) is 12.0. The Labute approximate surface area is 208 Å².